The zero-order chi connectivity index (χ0) is 9.40. The molecule has 12 heavy (non-hydrogen) atoms. The largest absolute Gasteiger partial charge is 0.396 e. The van der Waals surface area contributed by atoms with E-state index < -0.39 is 12.5 Å². The van der Waals surface area contributed by atoms with Crippen molar-refractivity contribution in [3.05, 3.63) is 0 Å². The highest BCUT2D eigenvalue weighted by atomic mass is 16.3. The average molecular weight is 178 g/mol. The van der Waals surface area contributed by atoms with Gasteiger partial charge in [0.1, 0.15) is 12.5 Å². The van der Waals surface area contributed by atoms with Crippen LogP contribution in [0.25, 0.3) is 0 Å². The third-order valence-corrected chi connectivity index (χ3v) is 1.45. The van der Waals surface area contributed by atoms with Crippen LogP contribution in [-0.4, -0.2) is 40.9 Å². The lowest BCUT2D eigenvalue weighted by atomic mass is 10.2. The van der Waals surface area contributed by atoms with E-state index in [-0.39, 0.29) is 13.2 Å². The number of unbranched alkanes of at least 4 members (excludes halogenated alkanes) is 1. The minimum Gasteiger partial charge on any atom is -0.396 e. The Hall–Kier alpha value is -0.200. The second-order valence-corrected chi connectivity index (χ2v) is 2.71. The minimum absolute atomic E-state index is 0.145. The highest BCUT2D eigenvalue weighted by Gasteiger charge is 2.03. The van der Waals surface area contributed by atoms with E-state index in [4.69, 9.17) is 21.1 Å². The van der Waals surface area contributed by atoms with Gasteiger partial charge in [0, 0.05) is 13.2 Å². The van der Waals surface area contributed by atoms with Crippen molar-refractivity contribution in [2.75, 3.05) is 13.2 Å². The Kier molecular flexibility index (Phi) is 7.33. The van der Waals surface area contributed by atoms with Crippen molar-refractivity contribution in [3.8, 4) is 0 Å². The molecular weight excluding hydrogens is 160 g/mol. The predicted molar refractivity (Wildman–Crippen MR) is 45.1 cm³/mol. The van der Waals surface area contributed by atoms with Crippen LogP contribution < -0.4 is 11.1 Å². The Bertz CT molecular complexity index is 101. The van der Waals surface area contributed by atoms with Crippen LogP contribution in [0.2, 0.25) is 0 Å². The first-order valence-electron chi connectivity index (χ1n) is 4.12. The van der Waals surface area contributed by atoms with Gasteiger partial charge in [-0.2, -0.15) is 0 Å². The molecule has 0 aromatic rings. The van der Waals surface area contributed by atoms with Gasteiger partial charge >= 0.3 is 0 Å². The molecule has 0 aromatic carbocycles. The van der Waals surface area contributed by atoms with E-state index in [2.05, 4.69) is 5.32 Å². The zero-order valence-corrected chi connectivity index (χ0v) is 7.11. The number of hydrogen-bond donors (Lipinski definition) is 5. The molecule has 5 nitrogen and oxygen atoms in total. The maximum Gasteiger partial charge on any atom is 0.115 e. The zero-order valence-electron chi connectivity index (χ0n) is 7.11. The van der Waals surface area contributed by atoms with Crippen molar-refractivity contribution >= 4 is 0 Å². The predicted octanol–water partition coefficient (Wildman–Crippen LogP) is -1.67. The van der Waals surface area contributed by atoms with E-state index >= 15 is 0 Å². The Labute approximate surface area is 72.2 Å². The molecule has 0 aliphatic carbocycles. The Morgan fingerprint density at radius 1 is 1.25 bits per heavy atom. The van der Waals surface area contributed by atoms with E-state index in [0.717, 1.165) is 6.42 Å². The van der Waals surface area contributed by atoms with Gasteiger partial charge in [0.15, 0.2) is 0 Å². The quantitative estimate of drug-likeness (QED) is 0.237. The van der Waals surface area contributed by atoms with Crippen molar-refractivity contribution in [2.45, 2.75) is 31.7 Å². The lowest BCUT2D eigenvalue weighted by Gasteiger charge is -2.13. The number of rotatable bonds is 7. The third kappa shape index (κ3) is 7.90. The highest BCUT2D eigenvalue weighted by Crippen LogP contribution is 1.97. The van der Waals surface area contributed by atoms with E-state index in [1.807, 2.05) is 0 Å². The number of nitrogens with one attached hydrogen (secondary N) is 1. The van der Waals surface area contributed by atoms with Crippen LogP contribution in [0.1, 0.15) is 19.3 Å². The Morgan fingerprint density at radius 2 is 1.92 bits per heavy atom. The van der Waals surface area contributed by atoms with Crippen LogP contribution in [0.15, 0.2) is 0 Å². The number of hydrogen-bond acceptors (Lipinski definition) is 5. The number of aliphatic hydroxyl groups is 3. The molecule has 0 fully saturated rings. The Balaban J connectivity index is 3.15. The van der Waals surface area contributed by atoms with Crippen molar-refractivity contribution in [3.63, 3.8) is 0 Å². The fourth-order valence-electron chi connectivity index (χ4n) is 0.808. The molecule has 5 heteroatoms. The molecule has 0 bridgehead atoms. The topological polar surface area (TPSA) is 98.7 Å². The number of aliphatic hydroxyl groups excluding tert-OH is 3. The maximum atomic E-state index is 9.17. The fraction of sp³-hybridized carbons (Fsp3) is 1.00. The molecule has 0 saturated carbocycles. The van der Waals surface area contributed by atoms with Gasteiger partial charge in [0.2, 0.25) is 0 Å². The van der Waals surface area contributed by atoms with Gasteiger partial charge in [-0.25, -0.2) is 0 Å². The van der Waals surface area contributed by atoms with Gasteiger partial charge in [-0.15, -0.1) is 0 Å². The number of nitrogens with two attached hydrogens (primary N) is 1. The van der Waals surface area contributed by atoms with E-state index in [1.165, 1.54) is 0 Å². The van der Waals surface area contributed by atoms with Crippen molar-refractivity contribution in [1.82, 2.24) is 5.32 Å². The van der Waals surface area contributed by atoms with E-state index in [9.17, 15) is 0 Å². The highest BCUT2D eigenvalue weighted by molar-refractivity contribution is 4.56. The molecule has 2 unspecified atom stereocenters. The summed E-state index contributed by atoms with van der Waals surface area (Å²) in [5.41, 5.74) is 5.04. The van der Waals surface area contributed by atoms with E-state index in [0.29, 0.717) is 12.8 Å². The summed E-state index contributed by atoms with van der Waals surface area (Å²) in [6, 6.07) is 0. The summed E-state index contributed by atoms with van der Waals surface area (Å²) in [4.78, 5) is 0. The van der Waals surface area contributed by atoms with Crippen LogP contribution >= 0.6 is 0 Å². The van der Waals surface area contributed by atoms with Crippen LogP contribution in [0.5, 0.6) is 0 Å². The van der Waals surface area contributed by atoms with Gasteiger partial charge in [-0.1, -0.05) is 0 Å². The monoisotopic (exact) mass is 178 g/mol. The average Bonchev–Trinajstić information content (AvgIpc) is 2.01. The second kappa shape index (κ2) is 7.45. The summed E-state index contributed by atoms with van der Waals surface area (Å²) in [5.74, 6) is 0. The first-order valence-corrected chi connectivity index (χ1v) is 4.12. The molecular formula is C7H18N2O3. The maximum absolute atomic E-state index is 9.17. The fourth-order valence-corrected chi connectivity index (χ4v) is 0.808. The third-order valence-electron chi connectivity index (χ3n) is 1.45. The van der Waals surface area contributed by atoms with Gasteiger partial charge in [-0.05, 0) is 19.3 Å². The summed E-state index contributed by atoms with van der Waals surface area (Å²) in [5, 5.41) is 28.9. The lowest BCUT2D eigenvalue weighted by Crippen LogP contribution is -2.39. The molecule has 2 atom stereocenters. The van der Waals surface area contributed by atoms with Gasteiger partial charge in [-0.3, -0.25) is 5.32 Å². The van der Waals surface area contributed by atoms with Crippen LogP contribution in [0.3, 0.4) is 0 Å². The molecule has 0 rings (SSSR count). The summed E-state index contributed by atoms with van der Waals surface area (Å²) in [6.07, 6.45) is 0.426. The molecule has 6 N–H and O–H groups in total. The molecule has 0 heterocycles. The van der Waals surface area contributed by atoms with Crippen LogP contribution in [0, 0.1) is 0 Å². The molecule has 0 saturated heterocycles. The van der Waals surface area contributed by atoms with Crippen molar-refractivity contribution < 1.29 is 15.3 Å². The second-order valence-electron chi connectivity index (χ2n) is 2.71. The summed E-state index contributed by atoms with van der Waals surface area (Å²) in [7, 11) is 0. The molecule has 0 aliphatic heterocycles. The van der Waals surface area contributed by atoms with Gasteiger partial charge in [0.05, 0.1) is 0 Å². The summed E-state index contributed by atoms with van der Waals surface area (Å²) in [6.45, 7) is 0.326. The van der Waals surface area contributed by atoms with Crippen molar-refractivity contribution in [1.29, 1.82) is 0 Å². The van der Waals surface area contributed by atoms with Crippen molar-refractivity contribution in [2.24, 2.45) is 5.73 Å². The van der Waals surface area contributed by atoms with Gasteiger partial charge in [0.25, 0.3) is 0 Å². The van der Waals surface area contributed by atoms with E-state index in [1.54, 1.807) is 0 Å². The molecule has 0 spiro atoms. The lowest BCUT2D eigenvalue weighted by molar-refractivity contribution is 0.0945. The molecule has 0 aromatic heterocycles. The molecule has 0 amide bonds. The normalized spacial score (nSPS) is 16.0. The molecule has 0 radical (unpaired) electrons. The first-order chi connectivity index (χ1) is 5.66. The smallest absolute Gasteiger partial charge is 0.115 e. The standard InChI is InChI=1S/C7H18N2O3/c8-6(11)5-9-7(12)3-1-2-4-10/h6-7,9-12H,1-5,8H2. The van der Waals surface area contributed by atoms with Crippen LogP contribution in [-0.2, 0) is 0 Å². The Morgan fingerprint density at radius 3 is 2.42 bits per heavy atom. The van der Waals surface area contributed by atoms with Crippen LogP contribution in [0.4, 0.5) is 0 Å². The molecule has 74 valence electrons. The molecule has 0 aliphatic rings. The summed E-state index contributed by atoms with van der Waals surface area (Å²) >= 11 is 0. The summed E-state index contributed by atoms with van der Waals surface area (Å²) < 4.78 is 0. The SMILES string of the molecule is NC(O)CNC(O)CCCCO. The minimum atomic E-state index is -0.933. The van der Waals surface area contributed by atoms with Gasteiger partial charge < -0.3 is 21.1 Å². The first kappa shape index (κ1) is 11.8.